The van der Waals surface area contributed by atoms with E-state index in [0.29, 0.717) is 10.3 Å². The molecule has 0 N–H and O–H groups in total. The van der Waals surface area contributed by atoms with Gasteiger partial charge in [0.2, 0.25) is 0 Å². The number of hydrogen-bond donors (Lipinski definition) is 0. The molecule has 14 heavy (non-hydrogen) atoms. The molecule has 1 heterocycles. The number of alkyl halides is 1. The first-order chi connectivity index (χ1) is 6.77. The van der Waals surface area contributed by atoms with Gasteiger partial charge in [-0.15, -0.1) is 0 Å². The van der Waals surface area contributed by atoms with Crippen LogP contribution in [0.1, 0.15) is 24.5 Å². The largest absolute Gasteiger partial charge is 0.456 e. The number of benzene rings is 1. The molecule has 0 aliphatic carbocycles. The first-order valence-electron chi connectivity index (χ1n) is 4.66. The highest BCUT2D eigenvalue weighted by Gasteiger charge is 2.29. The zero-order valence-corrected chi connectivity index (χ0v) is 9.81. The molecule has 2 nitrogen and oxygen atoms in total. The lowest BCUT2D eigenvalue weighted by Gasteiger charge is -2.27. The molecule has 1 aromatic rings. The molecular formula is C11H11IO2. The van der Waals surface area contributed by atoms with E-state index in [0.717, 1.165) is 12.0 Å². The van der Waals surface area contributed by atoms with Crippen LogP contribution >= 0.6 is 22.6 Å². The van der Waals surface area contributed by atoms with Crippen molar-refractivity contribution in [3.8, 4) is 0 Å². The third-order valence-electron chi connectivity index (χ3n) is 2.34. The van der Waals surface area contributed by atoms with Crippen LogP contribution in [0.25, 0.3) is 0 Å². The summed E-state index contributed by atoms with van der Waals surface area (Å²) < 4.78 is 5.73. The SMILES string of the molecule is O=C1CC[C@H](I)[C@H](c2ccccc2)O1. The van der Waals surface area contributed by atoms with Gasteiger partial charge in [0.1, 0.15) is 6.10 Å². The van der Waals surface area contributed by atoms with Crippen LogP contribution in [-0.2, 0) is 9.53 Å². The Morgan fingerprint density at radius 2 is 2.00 bits per heavy atom. The van der Waals surface area contributed by atoms with Crippen molar-refractivity contribution in [2.75, 3.05) is 0 Å². The Labute approximate surface area is 96.8 Å². The van der Waals surface area contributed by atoms with E-state index in [9.17, 15) is 4.79 Å². The first kappa shape index (κ1) is 9.96. The third-order valence-corrected chi connectivity index (χ3v) is 3.62. The molecule has 3 heteroatoms. The zero-order valence-electron chi connectivity index (χ0n) is 7.65. The van der Waals surface area contributed by atoms with E-state index in [1.54, 1.807) is 0 Å². The Bertz CT molecular complexity index is 323. The van der Waals surface area contributed by atoms with Gasteiger partial charge in [0.25, 0.3) is 0 Å². The predicted molar refractivity (Wildman–Crippen MR) is 62.3 cm³/mol. The molecule has 74 valence electrons. The van der Waals surface area contributed by atoms with Crippen LogP contribution in [0.2, 0.25) is 0 Å². The monoisotopic (exact) mass is 302 g/mol. The molecule has 1 aliphatic heterocycles. The Morgan fingerprint density at radius 1 is 1.29 bits per heavy atom. The minimum atomic E-state index is -0.0771. The van der Waals surface area contributed by atoms with E-state index in [4.69, 9.17) is 4.74 Å². The minimum absolute atomic E-state index is 0.0574. The Kier molecular flexibility index (Phi) is 3.05. The fourth-order valence-electron chi connectivity index (χ4n) is 1.60. The molecule has 1 fully saturated rings. The summed E-state index contributed by atoms with van der Waals surface area (Å²) in [5, 5.41) is 0. The van der Waals surface area contributed by atoms with Crippen molar-refractivity contribution in [1.29, 1.82) is 0 Å². The molecule has 0 radical (unpaired) electrons. The van der Waals surface area contributed by atoms with Gasteiger partial charge in [-0.05, 0) is 12.0 Å². The molecule has 2 atom stereocenters. The van der Waals surface area contributed by atoms with Crippen molar-refractivity contribution >= 4 is 28.6 Å². The maximum Gasteiger partial charge on any atom is 0.306 e. The Hall–Kier alpha value is -0.580. The maximum absolute atomic E-state index is 11.2. The van der Waals surface area contributed by atoms with Crippen molar-refractivity contribution in [2.24, 2.45) is 0 Å². The van der Waals surface area contributed by atoms with E-state index >= 15 is 0 Å². The second-order valence-corrected chi connectivity index (χ2v) is 4.98. The smallest absolute Gasteiger partial charge is 0.306 e. The Balaban J connectivity index is 2.20. The quantitative estimate of drug-likeness (QED) is 0.453. The van der Waals surface area contributed by atoms with Crippen molar-refractivity contribution in [3.05, 3.63) is 35.9 Å². The molecular weight excluding hydrogens is 291 g/mol. The van der Waals surface area contributed by atoms with Gasteiger partial charge in [-0.25, -0.2) is 0 Å². The number of carbonyl (C=O) groups is 1. The first-order valence-corrected chi connectivity index (χ1v) is 5.90. The highest BCUT2D eigenvalue weighted by Crippen LogP contribution is 2.33. The van der Waals surface area contributed by atoms with E-state index in [1.807, 2.05) is 30.3 Å². The fourth-order valence-corrected chi connectivity index (χ4v) is 2.47. The summed E-state index contributed by atoms with van der Waals surface area (Å²) in [6.45, 7) is 0. The van der Waals surface area contributed by atoms with E-state index in [1.165, 1.54) is 0 Å². The summed E-state index contributed by atoms with van der Waals surface area (Å²) in [6.07, 6.45) is 1.41. The van der Waals surface area contributed by atoms with Crippen LogP contribution in [-0.4, -0.2) is 9.89 Å². The minimum Gasteiger partial charge on any atom is -0.456 e. The van der Waals surface area contributed by atoms with Crippen LogP contribution in [0, 0.1) is 0 Å². The molecule has 1 aliphatic rings. The third kappa shape index (κ3) is 2.08. The lowest BCUT2D eigenvalue weighted by Crippen LogP contribution is -2.25. The van der Waals surface area contributed by atoms with Crippen molar-refractivity contribution in [3.63, 3.8) is 0 Å². The molecule has 0 spiro atoms. The van der Waals surface area contributed by atoms with Gasteiger partial charge in [0.15, 0.2) is 0 Å². The number of esters is 1. The van der Waals surface area contributed by atoms with Crippen molar-refractivity contribution < 1.29 is 9.53 Å². The van der Waals surface area contributed by atoms with Gasteiger partial charge in [-0.2, -0.15) is 0 Å². The number of halogens is 1. The van der Waals surface area contributed by atoms with Crippen LogP contribution in [0.4, 0.5) is 0 Å². The number of cyclic esters (lactones) is 1. The standard InChI is InChI=1S/C11H11IO2/c12-9-6-7-10(13)14-11(9)8-4-2-1-3-5-8/h1-5,9,11H,6-7H2/t9-,11-/m0/s1. The average Bonchev–Trinajstić information content (AvgIpc) is 2.23. The highest BCUT2D eigenvalue weighted by atomic mass is 127. The van der Waals surface area contributed by atoms with Gasteiger partial charge in [-0.3, -0.25) is 4.79 Å². The molecule has 0 saturated carbocycles. The second kappa shape index (κ2) is 4.29. The summed E-state index contributed by atoms with van der Waals surface area (Å²) >= 11 is 2.36. The van der Waals surface area contributed by atoms with Gasteiger partial charge in [-0.1, -0.05) is 52.9 Å². The van der Waals surface area contributed by atoms with Crippen molar-refractivity contribution in [2.45, 2.75) is 22.9 Å². The molecule has 0 unspecified atom stereocenters. The molecule has 2 rings (SSSR count). The van der Waals surface area contributed by atoms with Gasteiger partial charge >= 0.3 is 5.97 Å². The van der Waals surface area contributed by atoms with Gasteiger partial charge in [0, 0.05) is 6.42 Å². The van der Waals surface area contributed by atoms with E-state index in [2.05, 4.69) is 22.6 Å². The van der Waals surface area contributed by atoms with E-state index < -0.39 is 0 Å². The lowest BCUT2D eigenvalue weighted by molar-refractivity contribution is -0.153. The van der Waals surface area contributed by atoms with Crippen LogP contribution in [0.5, 0.6) is 0 Å². The fraction of sp³-hybridized carbons (Fsp3) is 0.364. The average molecular weight is 302 g/mol. The Morgan fingerprint density at radius 3 is 2.71 bits per heavy atom. The topological polar surface area (TPSA) is 26.3 Å². The molecule has 0 amide bonds. The summed E-state index contributed by atoms with van der Waals surface area (Å²) in [6, 6.07) is 9.93. The second-order valence-electron chi connectivity index (χ2n) is 3.38. The molecule has 1 saturated heterocycles. The van der Waals surface area contributed by atoms with Gasteiger partial charge in [0.05, 0.1) is 3.92 Å². The molecule has 0 bridgehead atoms. The maximum atomic E-state index is 11.2. The zero-order chi connectivity index (χ0) is 9.97. The predicted octanol–water partition coefficient (Wildman–Crippen LogP) is 2.87. The van der Waals surface area contributed by atoms with E-state index in [-0.39, 0.29) is 12.1 Å². The summed E-state index contributed by atoms with van der Waals surface area (Å²) in [7, 11) is 0. The summed E-state index contributed by atoms with van der Waals surface area (Å²) in [5.41, 5.74) is 1.10. The lowest BCUT2D eigenvalue weighted by atomic mass is 10.0. The van der Waals surface area contributed by atoms with Crippen LogP contribution in [0.3, 0.4) is 0 Å². The summed E-state index contributed by atoms with van der Waals surface area (Å²) in [4.78, 5) is 11.2. The number of hydrogen-bond acceptors (Lipinski definition) is 2. The highest BCUT2D eigenvalue weighted by molar-refractivity contribution is 14.1. The molecule has 1 aromatic carbocycles. The summed E-state index contributed by atoms with van der Waals surface area (Å²) in [5.74, 6) is -0.0771. The van der Waals surface area contributed by atoms with Crippen LogP contribution in [0.15, 0.2) is 30.3 Å². The van der Waals surface area contributed by atoms with Gasteiger partial charge < -0.3 is 4.74 Å². The number of ether oxygens (including phenoxy) is 1. The van der Waals surface area contributed by atoms with Crippen LogP contribution < -0.4 is 0 Å². The number of rotatable bonds is 1. The van der Waals surface area contributed by atoms with Crippen molar-refractivity contribution in [1.82, 2.24) is 0 Å². The molecule has 0 aromatic heterocycles. The normalized spacial score (nSPS) is 27.1. The number of carbonyl (C=O) groups excluding carboxylic acids is 1.